The Morgan fingerprint density at radius 1 is 1.40 bits per heavy atom. The number of hydrazine groups is 1. The maximum atomic E-state index is 5.48. The summed E-state index contributed by atoms with van der Waals surface area (Å²) in [5.74, 6) is 7.80. The van der Waals surface area contributed by atoms with Gasteiger partial charge in [-0.2, -0.15) is 0 Å². The largest absolute Gasteiger partial charge is 0.308 e. The summed E-state index contributed by atoms with van der Waals surface area (Å²) in [4.78, 5) is 9.07. The average molecular weight is 206 g/mol. The first-order valence-corrected chi connectivity index (χ1v) is 5.60. The van der Waals surface area contributed by atoms with Gasteiger partial charge in [-0.05, 0) is 26.2 Å². The Morgan fingerprint density at radius 2 is 2.13 bits per heavy atom. The van der Waals surface area contributed by atoms with Crippen LogP contribution < -0.4 is 11.3 Å². The molecule has 0 aliphatic heterocycles. The van der Waals surface area contributed by atoms with Crippen LogP contribution >= 0.6 is 0 Å². The molecule has 82 valence electrons. The lowest BCUT2D eigenvalue weighted by atomic mass is 9.84. The van der Waals surface area contributed by atoms with E-state index in [1.165, 1.54) is 19.3 Å². The van der Waals surface area contributed by atoms with Gasteiger partial charge in [-0.3, -0.25) is 0 Å². The van der Waals surface area contributed by atoms with Crippen LogP contribution in [-0.2, 0) is 6.42 Å². The van der Waals surface area contributed by atoms with Crippen LogP contribution in [0.2, 0.25) is 0 Å². The smallest absolute Gasteiger partial charge is 0.147 e. The van der Waals surface area contributed by atoms with Crippen LogP contribution in [0.4, 0.5) is 5.82 Å². The van der Waals surface area contributed by atoms with Crippen molar-refractivity contribution in [1.82, 2.24) is 9.97 Å². The molecule has 1 aliphatic carbocycles. The van der Waals surface area contributed by atoms with Crippen molar-refractivity contribution in [3.05, 3.63) is 17.1 Å². The van der Waals surface area contributed by atoms with Gasteiger partial charge in [-0.25, -0.2) is 15.8 Å². The van der Waals surface area contributed by atoms with Crippen molar-refractivity contribution in [1.29, 1.82) is 0 Å². The Morgan fingerprint density at radius 3 is 2.60 bits per heavy atom. The molecule has 2 rings (SSSR count). The summed E-state index contributed by atoms with van der Waals surface area (Å²) in [5.41, 5.74) is 4.86. The van der Waals surface area contributed by atoms with Crippen LogP contribution in [0.1, 0.15) is 49.2 Å². The van der Waals surface area contributed by atoms with E-state index in [0.29, 0.717) is 5.92 Å². The minimum absolute atomic E-state index is 0.557. The molecular weight excluding hydrogens is 188 g/mol. The molecular formula is C11H18N4. The number of nitrogen functional groups attached to an aromatic ring is 1. The number of nitrogens with zero attached hydrogens (tertiary/aromatic N) is 2. The molecule has 1 aromatic heterocycles. The summed E-state index contributed by atoms with van der Waals surface area (Å²) in [6, 6.07) is 0. The van der Waals surface area contributed by atoms with E-state index in [4.69, 9.17) is 5.84 Å². The number of aromatic nitrogens is 2. The standard InChI is InChI=1S/C11H18N4/c1-3-9-7(2)13-10(8-5-4-6-8)14-11(9)15-12/h8H,3-6,12H2,1-2H3,(H,13,14,15). The molecule has 4 nitrogen and oxygen atoms in total. The first-order valence-electron chi connectivity index (χ1n) is 5.60. The summed E-state index contributed by atoms with van der Waals surface area (Å²) < 4.78 is 0. The van der Waals surface area contributed by atoms with Crippen LogP contribution in [0.25, 0.3) is 0 Å². The predicted molar refractivity (Wildman–Crippen MR) is 60.5 cm³/mol. The maximum absolute atomic E-state index is 5.48. The Labute approximate surface area is 90.3 Å². The van der Waals surface area contributed by atoms with Crippen molar-refractivity contribution in [2.24, 2.45) is 5.84 Å². The molecule has 4 heteroatoms. The van der Waals surface area contributed by atoms with Gasteiger partial charge in [0, 0.05) is 17.2 Å². The number of anilines is 1. The van der Waals surface area contributed by atoms with Gasteiger partial charge in [0.15, 0.2) is 0 Å². The van der Waals surface area contributed by atoms with Crippen LogP contribution in [-0.4, -0.2) is 9.97 Å². The molecule has 1 fully saturated rings. The van der Waals surface area contributed by atoms with E-state index in [0.717, 1.165) is 29.3 Å². The van der Waals surface area contributed by atoms with Crippen molar-refractivity contribution < 1.29 is 0 Å². The zero-order valence-electron chi connectivity index (χ0n) is 9.38. The molecule has 0 unspecified atom stereocenters. The van der Waals surface area contributed by atoms with Gasteiger partial charge in [0.2, 0.25) is 0 Å². The minimum Gasteiger partial charge on any atom is -0.308 e. The molecule has 3 N–H and O–H groups in total. The van der Waals surface area contributed by atoms with Gasteiger partial charge in [0.05, 0.1) is 0 Å². The van der Waals surface area contributed by atoms with Crippen LogP contribution in [0.3, 0.4) is 0 Å². The topological polar surface area (TPSA) is 63.8 Å². The van der Waals surface area contributed by atoms with Gasteiger partial charge < -0.3 is 5.43 Å². The fourth-order valence-electron chi connectivity index (χ4n) is 2.01. The zero-order valence-corrected chi connectivity index (χ0v) is 9.38. The lowest BCUT2D eigenvalue weighted by molar-refractivity contribution is 0.400. The predicted octanol–water partition coefficient (Wildman–Crippen LogP) is 1.90. The highest BCUT2D eigenvalue weighted by molar-refractivity contribution is 5.45. The highest BCUT2D eigenvalue weighted by Gasteiger charge is 2.23. The normalized spacial score (nSPS) is 16.2. The number of hydrogen-bond acceptors (Lipinski definition) is 4. The molecule has 1 saturated carbocycles. The van der Waals surface area contributed by atoms with Crippen LogP contribution in [0, 0.1) is 6.92 Å². The second-order valence-corrected chi connectivity index (χ2v) is 4.12. The number of nitrogens with two attached hydrogens (primary N) is 1. The zero-order chi connectivity index (χ0) is 10.8. The van der Waals surface area contributed by atoms with Crippen molar-refractivity contribution in [3.63, 3.8) is 0 Å². The van der Waals surface area contributed by atoms with E-state index in [-0.39, 0.29) is 0 Å². The monoisotopic (exact) mass is 206 g/mol. The van der Waals surface area contributed by atoms with E-state index < -0.39 is 0 Å². The summed E-state index contributed by atoms with van der Waals surface area (Å²) >= 11 is 0. The second-order valence-electron chi connectivity index (χ2n) is 4.12. The third kappa shape index (κ3) is 1.81. The first kappa shape index (κ1) is 10.4. The van der Waals surface area contributed by atoms with Gasteiger partial charge in [-0.15, -0.1) is 0 Å². The van der Waals surface area contributed by atoms with E-state index in [2.05, 4.69) is 22.3 Å². The highest BCUT2D eigenvalue weighted by atomic mass is 15.3. The van der Waals surface area contributed by atoms with E-state index >= 15 is 0 Å². The summed E-state index contributed by atoms with van der Waals surface area (Å²) in [6.45, 7) is 4.12. The molecule has 0 amide bonds. The molecule has 0 radical (unpaired) electrons. The Balaban J connectivity index is 2.37. The highest BCUT2D eigenvalue weighted by Crippen LogP contribution is 2.35. The van der Waals surface area contributed by atoms with Gasteiger partial charge in [0.1, 0.15) is 11.6 Å². The fraction of sp³-hybridized carbons (Fsp3) is 0.636. The Bertz CT molecular complexity index is 358. The van der Waals surface area contributed by atoms with Crippen molar-refractivity contribution >= 4 is 5.82 Å². The molecule has 1 heterocycles. The van der Waals surface area contributed by atoms with Crippen LogP contribution in [0.15, 0.2) is 0 Å². The van der Waals surface area contributed by atoms with Crippen LogP contribution in [0.5, 0.6) is 0 Å². The molecule has 0 spiro atoms. The summed E-state index contributed by atoms with van der Waals surface area (Å²) in [5, 5.41) is 0. The number of rotatable bonds is 3. The molecule has 0 atom stereocenters. The minimum atomic E-state index is 0.557. The molecule has 0 aromatic carbocycles. The van der Waals surface area contributed by atoms with Gasteiger partial charge in [0.25, 0.3) is 0 Å². The third-order valence-electron chi connectivity index (χ3n) is 3.19. The lowest BCUT2D eigenvalue weighted by Crippen LogP contribution is -2.18. The number of nitrogens with one attached hydrogen (secondary N) is 1. The van der Waals surface area contributed by atoms with E-state index in [1.807, 2.05) is 6.92 Å². The molecule has 0 saturated heterocycles. The molecule has 1 aromatic rings. The lowest BCUT2D eigenvalue weighted by Gasteiger charge is -2.25. The first-order chi connectivity index (χ1) is 7.26. The molecule has 15 heavy (non-hydrogen) atoms. The second kappa shape index (κ2) is 4.14. The van der Waals surface area contributed by atoms with Gasteiger partial charge >= 0.3 is 0 Å². The number of hydrogen-bond donors (Lipinski definition) is 2. The summed E-state index contributed by atoms with van der Waals surface area (Å²) in [7, 11) is 0. The van der Waals surface area contributed by atoms with E-state index in [1.54, 1.807) is 0 Å². The molecule has 1 aliphatic rings. The number of aryl methyl sites for hydroxylation is 1. The third-order valence-corrected chi connectivity index (χ3v) is 3.19. The Kier molecular flexibility index (Phi) is 2.86. The fourth-order valence-corrected chi connectivity index (χ4v) is 2.01. The SMILES string of the molecule is CCc1c(C)nc(C2CCC2)nc1NN. The van der Waals surface area contributed by atoms with Crippen molar-refractivity contribution in [3.8, 4) is 0 Å². The van der Waals surface area contributed by atoms with Crippen molar-refractivity contribution in [2.75, 3.05) is 5.43 Å². The maximum Gasteiger partial charge on any atom is 0.147 e. The molecule has 0 bridgehead atoms. The average Bonchev–Trinajstić information content (AvgIpc) is 2.14. The van der Waals surface area contributed by atoms with Crippen molar-refractivity contribution in [2.45, 2.75) is 45.4 Å². The summed E-state index contributed by atoms with van der Waals surface area (Å²) in [6.07, 6.45) is 4.65. The van der Waals surface area contributed by atoms with Gasteiger partial charge in [-0.1, -0.05) is 13.3 Å². The quantitative estimate of drug-likeness (QED) is 0.585. The van der Waals surface area contributed by atoms with E-state index in [9.17, 15) is 0 Å². The Hall–Kier alpha value is -1.16.